The van der Waals surface area contributed by atoms with Gasteiger partial charge in [0.1, 0.15) is 11.4 Å². The second kappa shape index (κ2) is 13.7. The van der Waals surface area contributed by atoms with Gasteiger partial charge in [-0.25, -0.2) is 9.28 Å². The number of hydrogen-bond acceptors (Lipinski definition) is 7. The van der Waals surface area contributed by atoms with Crippen molar-refractivity contribution in [2.45, 2.75) is 75.3 Å². The summed E-state index contributed by atoms with van der Waals surface area (Å²) in [5, 5.41) is 35.4. The van der Waals surface area contributed by atoms with E-state index in [0.29, 0.717) is 23.9 Å². The normalized spacial score (nSPS) is 22.0. The molecule has 3 heterocycles. The van der Waals surface area contributed by atoms with Crippen molar-refractivity contribution in [3.63, 3.8) is 0 Å². The lowest BCUT2D eigenvalue weighted by atomic mass is 9.80. The predicted molar refractivity (Wildman–Crippen MR) is 213 cm³/mol. The maximum atomic E-state index is 13.0. The minimum absolute atomic E-state index is 0.143. The number of nitro benzene ring substituents is 2. The predicted octanol–water partition coefficient (Wildman–Crippen LogP) is 8.41. The molecule has 3 aliphatic rings. The highest BCUT2D eigenvalue weighted by Crippen LogP contribution is 2.58. The van der Waals surface area contributed by atoms with Gasteiger partial charge in [0, 0.05) is 53.5 Å². The van der Waals surface area contributed by atoms with Gasteiger partial charge in [0.2, 0.25) is 5.69 Å². The summed E-state index contributed by atoms with van der Waals surface area (Å²) in [6.07, 6.45) is 11.7. The highest BCUT2D eigenvalue weighted by atomic mass is 32.2. The summed E-state index contributed by atoms with van der Waals surface area (Å²) in [6.45, 7) is 8.99. The molecule has 0 saturated carbocycles. The lowest BCUT2D eigenvalue weighted by molar-refractivity contribution is -0.455. The molecule has 4 aromatic rings. The molecular weight excluding hydrogens is 737 g/mol. The molecule has 4 aromatic carbocycles. The summed E-state index contributed by atoms with van der Waals surface area (Å²) < 4.78 is 35.9. The summed E-state index contributed by atoms with van der Waals surface area (Å²) >= 11 is 0. The van der Waals surface area contributed by atoms with E-state index >= 15 is 0 Å². The number of carbonyl (C=O) groups is 1. The molecule has 1 saturated heterocycles. The summed E-state index contributed by atoms with van der Waals surface area (Å²) in [7, 11) is -4.43. The Balaban J connectivity index is 1.32. The number of piperidine rings is 1. The molecule has 13 nitrogen and oxygen atoms in total. The first kappa shape index (κ1) is 38.4. The second-order valence-corrected chi connectivity index (χ2v) is 17.1. The quantitative estimate of drug-likeness (QED) is 0.0421. The highest BCUT2D eigenvalue weighted by Gasteiger charge is 2.60. The zero-order valence-corrected chi connectivity index (χ0v) is 32.2. The van der Waals surface area contributed by atoms with Crippen molar-refractivity contribution in [1.82, 2.24) is 4.48 Å². The maximum Gasteiger partial charge on any atom is 0.363 e. The number of allylic oxidation sites excluding steroid dienone is 6. The number of nitro groups is 2. The van der Waals surface area contributed by atoms with E-state index < -0.39 is 42.8 Å². The molecule has 3 aliphatic heterocycles. The molecule has 0 amide bonds. The number of quaternary nitrogens is 1. The average Bonchev–Trinajstić information content (AvgIpc) is 3.47. The van der Waals surface area contributed by atoms with Crippen LogP contribution in [0.1, 0.15) is 63.6 Å². The Morgan fingerprint density at radius 1 is 0.911 bits per heavy atom. The van der Waals surface area contributed by atoms with E-state index in [0.717, 1.165) is 58.2 Å². The van der Waals surface area contributed by atoms with Gasteiger partial charge in [-0.05, 0) is 75.6 Å². The number of nitrogens with zero attached hydrogens (tertiary/aromatic N) is 4. The smallest absolute Gasteiger partial charge is 0.363 e. The summed E-state index contributed by atoms with van der Waals surface area (Å²) in [4.78, 5) is 34.9. The number of carboxylic acids is 1. The van der Waals surface area contributed by atoms with Crippen LogP contribution in [0.15, 0.2) is 114 Å². The minimum atomic E-state index is -4.43. The van der Waals surface area contributed by atoms with Crippen LogP contribution < -0.4 is 4.48 Å². The Morgan fingerprint density at radius 2 is 1.61 bits per heavy atom. The van der Waals surface area contributed by atoms with Crippen LogP contribution in [-0.2, 0) is 32.3 Å². The first-order valence-electron chi connectivity index (χ1n) is 18.3. The van der Waals surface area contributed by atoms with Crippen LogP contribution in [0.3, 0.4) is 0 Å². The third kappa shape index (κ3) is 6.23. The first-order valence-corrected chi connectivity index (χ1v) is 19.7. The molecule has 288 valence electrons. The summed E-state index contributed by atoms with van der Waals surface area (Å²) in [6, 6.07) is 19.0. The van der Waals surface area contributed by atoms with Crippen LogP contribution >= 0.6 is 0 Å². The lowest BCUT2D eigenvalue weighted by Crippen LogP contribution is -2.61. The average molecular weight is 779 g/mol. The number of para-hydroxylation sites is 1. The molecule has 2 unspecified atom stereocenters. The van der Waals surface area contributed by atoms with E-state index in [9.17, 15) is 43.1 Å². The summed E-state index contributed by atoms with van der Waals surface area (Å²) in [5.41, 5.74) is 3.99. The Morgan fingerprint density at radius 3 is 2.27 bits per heavy atom. The van der Waals surface area contributed by atoms with E-state index in [1.54, 1.807) is 12.1 Å². The van der Waals surface area contributed by atoms with E-state index in [4.69, 9.17) is 0 Å². The Kier molecular flexibility index (Phi) is 9.42. The Labute approximate surface area is 323 Å². The minimum Gasteiger partial charge on any atom is -0.477 e. The van der Waals surface area contributed by atoms with Crippen LogP contribution in [0.2, 0.25) is 0 Å². The van der Waals surface area contributed by atoms with E-state index in [2.05, 4.69) is 27.7 Å². The second-order valence-electron chi connectivity index (χ2n) is 15.7. The SMILES string of the molecule is CC1(C)C(/C=C/C=C/C=C2\C(C)(C)c3c(ccc4cc(S(=O)(=O)O)ccc34)[N+]23CCCCC3C(=O)O)=[N+](Cc2cc([N+](=O)[O-])cc([N+](=O)[O-])c2)c2ccccc21. The number of carboxylic acid groups (broad SMARTS) is 1. The van der Waals surface area contributed by atoms with Crippen LogP contribution in [0.5, 0.6) is 0 Å². The van der Waals surface area contributed by atoms with Gasteiger partial charge in [-0.1, -0.05) is 42.5 Å². The Bertz CT molecular complexity index is 2570. The molecule has 0 aliphatic carbocycles. The van der Waals surface area contributed by atoms with Crippen molar-refractivity contribution in [3.05, 3.63) is 146 Å². The van der Waals surface area contributed by atoms with Gasteiger partial charge < -0.3 is 5.11 Å². The van der Waals surface area contributed by atoms with Crippen LogP contribution in [0.4, 0.5) is 22.7 Å². The number of non-ortho nitro benzene ring substituents is 2. The zero-order valence-electron chi connectivity index (χ0n) is 31.4. The molecule has 0 bridgehead atoms. The molecule has 0 radical (unpaired) electrons. The van der Waals surface area contributed by atoms with Crippen LogP contribution in [0.25, 0.3) is 10.8 Å². The fourth-order valence-electron chi connectivity index (χ4n) is 9.32. The topological polar surface area (TPSA) is 181 Å². The molecular formula is C42H42N4O9S+2. The third-order valence-corrected chi connectivity index (χ3v) is 12.6. The highest BCUT2D eigenvalue weighted by molar-refractivity contribution is 7.85. The van der Waals surface area contributed by atoms with Crippen molar-refractivity contribution in [1.29, 1.82) is 0 Å². The molecule has 56 heavy (non-hydrogen) atoms. The lowest BCUT2D eigenvalue weighted by Gasteiger charge is -2.44. The molecule has 0 aromatic heterocycles. The fourth-order valence-corrected chi connectivity index (χ4v) is 9.83. The molecule has 1 spiro atoms. The first-order chi connectivity index (χ1) is 26.4. The van der Waals surface area contributed by atoms with Gasteiger partial charge in [0.25, 0.3) is 21.5 Å². The van der Waals surface area contributed by atoms with Crippen molar-refractivity contribution < 1.29 is 37.3 Å². The van der Waals surface area contributed by atoms with Gasteiger partial charge in [-0.15, -0.1) is 0 Å². The van der Waals surface area contributed by atoms with Gasteiger partial charge >= 0.3 is 5.97 Å². The molecule has 7 rings (SSSR count). The number of aliphatic carboxylic acids is 1. The van der Waals surface area contributed by atoms with Gasteiger partial charge in [-0.3, -0.25) is 24.8 Å². The standard InChI is InChI=1S/C42H40N4O9S/c1-41(2)33-12-8-9-13-34(33)43(26-27-22-29(44(49)50)25-30(23-27)45(51)52)37(41)15-6-5-7-16-38-42(3,4)39-32-19-18-31(56(53,54)55)24-28(32)17-20-35(39)46(38)21-11-10-14-36(46)40(47)48/h5-9,12-13,15-20,22-25,36H,10-11,14,21,26H2,1-4H3/p+2/b7-5+,15-6+,38-16+. The fraction of sp³-hybridized carbons (Fsp3) is 0.286. The number of rotatable bonds is 9. The number of fused-ring (bicyclic) bond motifs is 5. The molecule has 2 N–H and O–H groups in total. The zero-order chi connectivity index (χ0) is 40.4. The van der Waals surface area contributed by atoms with Crippen molar-refractivity contribution in [3.8, 4) is 0 Å². The third-order valence-electron chi connectivity index (χ3n) is 11.7. The molecule has 14 heteroatoms. The van der Waals surface area contributed by atoms with E-state index in [1.165, 1.54) is 24.3 Å². The van der Waals surface area contributed by atoms with E-state index in [-0.39, 0.29) is 27.3 Å². The van der Waals surface area contributed by atoms with Crippen molar-refractivity contribution >= 4 is 55.3 Å². The van der Waals surface area contributed by atoms with Gasteiger partial charge in [0.15, 0.2) is 18.3 Å². The number of benzene rings is 4. The van der Waals surface area contributed by atoms with Crippen LogP contribution in [-0.4, -0.2) is 56.8 Å². The number of hydrogen-bond donors (Lipinski definition) is 2. The maximum absolute atomic E-state index is 13.0. The molecule has 2 atom stereocenters. The monoisotopic (exact) mass is 778 g/mol. The Hall–Kier alpha value is -5.83. The largest absolute Gasteiger partial charge is 0.477 e. The van der Waals surface area contributed by atoms with Crippen molar-refractivity contribution in [2.75, 3.05) is 6.54 Å². The van der Waals surface area contributed by atoms with E-state index in [1.807, 2.05) is 65.3 Å². The van der Waals surface area contributed by atoms with Gasteiger partial charge in [0.05, 0.1) is 38.2 Å². The summed E-state index contributed by atoms with van der Waals surface area (Å²) in [5.74, 6) is -0.890. The molecule has 1 fully saturated rings. The van der Waals surface area contributed by atoms with Crippen LogP contribution in [0, 0.1) is 20.2 Å². The van der Waals surface area contributed by atoms with Gasteiger partial charge in [-0.2, -0.15) is 13.0 Å². The van der Waals surface area contributed by atoms with Crippen molar-refractivity contribution in [2.24, 2.45) is 0 Å².